The zero-order valence-electron chi connectivity index (χ0n) is 30.5. The van der Waals surface area contributed by atoms with Gasteiger partial charge >= 0.3 is 0 Å². The van der Waals surface area contributed by atoms with Crippen LogP contribution in [0.1, 0.15) is 76.3 Å². The third-order valence-corrected chi connectivity index (χ3v) is 13.0. The lowest BCUT2D eigenvalue weighted by atomic mass is 9.92. The number of unbranched alkanes of at least 4 members (excludes halogenated alkanes) is 6. The van der Waals surface area contributed by atoms with Crippen LogP contribution in [0.3, 0.4) is 0 Å². The van der Waals surface area contributed by atoms with Gasteiger partial charge in [-0.3, -0.25) is 9.44 Å². The van der Waals surface area contributed by atoms with Crippen molar-refractivity contribution in [2.45, 2.75) is 76.0 Å². The molecular formula is C38H55BrN6O4S2. The Morgan fingerprint density at radius 2 is 1.20 bits per heavy atom. The second kappa shape index (κ2) is 17.9. The summed E-state index contributed by atoms with van der Waals surface area (Å²) >= 11 is 3.32. The van der Waals surface area contributed by atoms with Crippen molar-refractivity contribution in [2.24, 2.45) is 23.7 Å². The predicted molar refractivity (Wildman–Crippen MR) is 210 cm³/mol. The van der Waals surface area contributed by atoms with Crippen LogP contribution in [0.2, 0.25) is 0 Å². The molecule has 0 radical (unpaired) electrons. The van der Waals surface area contributed by atoms with Crippen LogP contribution in [-0.2, 0) is 30.9 Å². The number of hydrogen-bond acceptors (Lipinski definition) is 8. The van der Waals surface area contributed by atoms with Crippen LogP contribution < -0.4 is 14.8 Å². The zero-order valence-corrected chi connectivity index (χ0v) is 33.7. The van der Waals surface area contributed by atoms with Gasteiger partial charge in [0.1, 0.15) is 0 Å². The molecule has 3 N–H and O–H groups in total. The highest BCUT2D eigenvalue weighted by atomic mass is 79.9. The van der Waals surface area contributed by atoms with Crippen molar-refractivity contribution in [3.63, 3.8) is 0 Å². The van der Waals surface area contributed by atoms with Gasteiger partial charge in [-0.1, -0.05) is 66.9 Å². The molecule has 2 saturated carbocycles. The highest BCUT2D eigenvalue weighted by molar-refractivity contribution is 9.09. The Morgan fingerprint density at radius 1 is 0.745 bits per heavy atom. The first-order valence-corrected chi connectivity index (χ1v) is 23.0. The Balaban J connectivity index is 0.000000195. The van der Waals surface area contributed by atoms with Crippen molar-refractivity contribution in [1.82, 2.24) is 10.2 Å². The summed E-state index contributed by atoms with van der Waals surface area (Å²) in [5.41, 5.74) is 4.19. The van der Waals surface area contributed by atoms with Gasteiger partial charge in [-0.25, -0.2) is 16.8 Å². The first-order chi connectivity index (χ1) is 24.2. The van der Waals surface area contributed by atoms with Gasteiger partial charge in [0.25, 0.3) is 0 Å². The van der Waals surface area contributed by atoms with Crippen molar-refractivity contribution in [1.29, 1.82) is 10.5 Å². The van der Waals surface area contributed by atoms with Crippen LogP contribution in [0.5, 0.6) is 0 Å². The average molecular weight is 804 g/mol. The number of anilines is 2. The van der Waals surface area contributed by atoms with E-state index >= 15 is 0 Å². The molecular weight excluding hydrogens is 748 g/mol. The fourth-order valence-electron chi connectivity index (χ4n) is 8.26. The van der Waals surface area contributed by atoms with E-state index in [4.69, 9.17) is 10.5 Å². The highest BCUT2D eigenvalue weighted by Crippen LogP contribution is 2.63. The Kier molecular flexibility index (Phi) is 14.4. The maximum Gasteiger partial charge on any atom is 0.229 e. The normalized spacial score (nSPS) is 27.3. The second-order valence-electron chi connectivity index (χ2n) is 14.9. The van der Waals surface area contributed by atoms with Gasteiger partial charge in [0.2, 0.25) is 20.0 Å². The summed E-state index contributed by atoms with van der Waals surface area (Å²) in [5, 5.41) is 21.1. The topological polar surface area (TPSA) is 155 Å². The third-order valence-electron chi connectivity index (χ3n) is 11.2. The first kappa shape index (κ1) is 41.1. The van der Waals surface area contributed by atoms with Crippen molar-refractivity contribution in [2.75, 3.05) is 60.0 Å². The first-order valence-electron chi connectivity index (χ1n) is 18.1. The van der Waals surface area contributed by atoms with E-state index in [1.807, 2.05) is 24.3 Å². The lowest BCUT2D eigenvalue weighted by Crippen LogP contribution is -2.29. The number of likely N-dealkylation sites (tertiary alicyclic amines) is 1. The molecule has 0 aromatic heterocycles. The minimum Gasteiger partial charge on any atom is -0.316 e. The highest BCUT2D eigenvalue weighted by Gasteiger charge is 2.65. The quantitative estimate of drug-likeness (QED) is 0.135. The fourth-order valence-corrected chi connectivity index (χ4v) is 9.76. The number of nitrogens with one attached hydrogen (secondary N) is 3. The van der Waals surface area contributed by atoms with Gasteiger partial charge in [0.05, 0.1) is 24.6 Å². The standard InChI is InChI=1S/C19H27N3O2S.C13H18N2O2S.C6H10BrN/c1-19(15-8-7-9-16(12-15)21-25(2,23)24)17-13-22(14-18(17)19)11-6-4-3-5-10-20;1-13(11-7-14-8-12(11)13)9-4-3-5-10(6-9)15-18(2,16)17;7-5-3-1-2-4-6-8/h7-9,12,17-18,21H,3-6,11,13-14H2,1-2H3;3-6,11-12,14-15H,7-8H2,1-2H3;1-5H2. The van der Waals surface area contributed by atoms with Gasteiger partial charge in [-0.05, 0) is 104 Å². The van der Waals surface area contributed by atoms with E-state index in [2.05, 4.69) is 73.7 Å². The molecule has 4 unspecified atom stereocenters. The third kappa shape index (κ3) is 11.2. The van der Waals surface area contributed by atoms with E-state index in [0.717, 1.165) is 57.3 Å². The smallest absolute Gasteiger partial charge is 0.229 e. The largest absolute Gasteiger partial charge is 0.316 e. The average Bonchev–Trinajstić information content (AvgIpc) is 3.54. The molecule has 2 saturated heterocycles. The van der Waals surface area contributed by atoms with Crippen LogP contribution in [0, 0.1) is 46.3 Å². The molecule has 10 nitrogen and oxygen atoms in total. The molecule has 6 rings (SSSR count). The number of rotatable bonds is 15. The summed E-state index contributed by atoms with van der Waals surface area (Å²) in [7, 11) is -6.44. The molecule has 2 aliphatic carbocycles. The van der Waals surface area contributed by atoms with E-state index in [1.54, 1.807) is 12.1 Å². The van der Waals surface area contributed by atoms with Gasteiger partial charge < -0.3 is 10.2 Å². The summed E-state index contributed by atoms with van der Waals surface area (Å²) in [5.74, 6) is 2.73. The summed E-state index contributed by atoms with van der Waals surface area (Å²) in [6, 6.07) is 20.0. The Morgan fingerprint density at radius 3 is 1.63 bits per heavy atom. The molecule has 2 aliphatic heterocycles. The number of sulfonamides is 2. The monoisotopic (exact) mass is 802 g/mol. The van der Waals surface area contributed by atoms with Crippen molar-refractivity contribution < 1.29 is 16.8 Å². The molecule has 280 valence electrons. The van der Waals surface area contributed by atoms with Gasteiger partial charge in [0, 0.05) is 53.5 Å². The summed E-state index contributed by atoms with van der Waals surface area (Å²) in [6.45, 7) is 10.1. The molecule has 51 heavy (non-hydrogen) atoms. The Hall–Kier alpha value is -2.68. The zero-order chi connectivity index (χ0) is 37.3. The molecule has 0 spiro atoms. The van der Waals surface area contributed by atoms with E-state index in [9.17, 15) is 16.8 Å². The van der Waals surface area contributed by atoms with Gasteiger partial charge in [-0.2, -0.15) is 10.5 Å². The number of halogens is 1. The molecule has 4 atom stereocenters. The second-order valence-corrected chi connectivity index (χ2v) is 19.2. The van der Waals surface area contributed by atoms with Crippen LogP contribution in [0.15, 0.2) is 48.5 Å². The molecule has 0 amide bonds. The molecule has 4 aliphatic rings. The van der Waals surface area contributed by atoms with Crippen molar-refractivity contribution >= 4 is 47.4 Å². The number of alkyl halides is 1. The minimum absolute atomic E-state index is 0.173. The van der Waals surface area contributed by atoms with Crippen LogP contribution in [0.25, 0.3) is 0 Å². The lowest BCUT2D eigenvalue weighted by molar-refractivity contribution is 0.271. The Bertz CT molecular complexity index is 1750. The van der Waals surface area contributed by atoms with Crippen LogP contribution >= 0.6 is 15.9 Å². The lowest BCUT2D eigenvalue weighted by Gasteiger charge is -2.24. The van der Waals surface area contributed by atoms with Crippen molar-refractivity contribution in [3.05, 3.63) is 59.7 Å². The number of nitrogens with zero attached hydrogens (tertiary/aromatic N) is 3. The molecule has 13 heteroatoms. The summed E-state index contributed by atoms with van der Waals surface area (Å²) in [6.07, 6.45) is 10.5. The van der Waals surface area contributed by atoms with Crippen LogP contribution in [0.4, 0.5) is 11.4 Å². The molecule has 2 aromatic carbocycles. The molecule has 0 bridgehead atoms. The van der Waals surface area contributed by atoms with E-state index in [-0.39, 0.29) is 10.8 Å². The number of piperidine rings is 2. The molecule has 4 fully saturated rings. The summed E-state index contributed by atoms with van der Waals surface area (Å²) in [4.78, 5) is 2.54. The maximum atomic E-state index is 11.4. The number of fused-ring (bicyclic) bond motifs is 2. The van der Waals surface area contributed by atoms with Gasteiger partial charge in [-0.15, -0.1) is 0 Å². The maximum absolute atomic E-state index is 11.4. The molecule has 2 aromatic rings. The minimum atomic E-state index is -3.24. The van der Waals surface area contributed by atoms with Crippen LogP contribution in [-0.4, -0.2) is 72.3 Å². The molecule has 2 heterocycles. The van der Waals surface area contributed by atoms with Crippen molar-refractivity contribution in [3.8, 4) is 12.1 Å². The SMILES string of the molecule is CC1(c2cccc(NS(C)(=O)=O)c2)C2CN(CCCCCC#N)CC21.CC1(c2cccc(NS(C)(=O)=O)c2)C2CNCC21.N#CCCCCCBr. The number of hydrogen-bond donors (Lipinski definition) is 3. The summed E-state index contributed by atoms with van der Waals surface area (Å²) < 4.78 is 50.5. The predicted octanol–water partition coefficient (Wildman–Crippen LogP) is 6.59. The fraction of sp³-hybridized carbons (Fsp3) is 0.632. The Labute approximate surface area is 315 Å². The number of benzene rings is 2. The van der Waals surface area contributed by atoms with Gasteiger partial charge in [0.15, 0.2) is 0 Å². The number of nitriles is 2. The van der Waals surface area contributed by atoms with E-state index in [1.165, 1.54) is 42.9 Å². The van der Waals surface area contributed by atoms with E-state index in [0.29, 0.717) is 47.9 Å². The van der Waals surface area contributed by atoms with E-state index < -0.39 is 20.0 Å².